The van der Waals surface area contributed by atoms with Gasteiger partial charge in [-0.3, -0.25) is 4.79 Å². The van der Waals surface area contributed by atoms with Crippen LogP contribution in [0.1, 0.15) is 23.7 Å². The summed E-state index contributed by atoms with van der Waals surface area (Å²) in [6, 6.07) is 5.34. The van der Waals surface area contributed by atoms with Gasteiger partial charge in [0.05, 0.1) is 6.54 Å². The molecule has 1 aromatic rings. The third kappa shape index (κ3) is 5.25. The summed E-state index contributed by atoms with van der Waals surface area (Å²) >= 11 is 0. The summed E-state index contributed by atoms with van der Waals surface area (Å²) in [7, 11) is 0. The number of carbonyl (C=O) groups excluding carboxylic acids is 1. The molecule has 0 saturated carbocycles. The number of halogens is 2. The fraction of sp³-hybridized carbons (Fsp3) is 0.385. The lowest BCUT2D eigenvalue weighted by Gasteiger charge is -2.21. The second-order valence-electron chi connectivity index (χ2n) is 4.22. The van der Waals surface area contributed by atoms with Crippen LogP contribution < -0.4 is 10.5 Å². The van der Waals surface area contributed by atoms with Crippen molar-refractivity contribution >= 4 is 11.7 Å². The molecule has 0 saturated heterocycles. The molecule has 0 spiro atoms. The molecule has 8 heteroatoms. The van der Waals surface area contributed by atoms with Crippen LogP contribution >= 0.6 is 0 Å². The highest BCUT2D eigenvalue weighted by molar-refractivity contribution is 5.97. The number of hydrogen-bond donors (Lipinski definition) is 2. The van der Waals surface area contributed by atoms with Gasteiger partial charge in [0, 0.05) is 12.1 Å². The quantitative estimate of drug-likeness (QED) is 0.348. The number of amidine groups is 1. The highest BCUT2D eigenvalue weighted by atomic mass is 19.3. The molecule has 0 aliphatic heterocycles. The number of nitrogens with two attached hydrogens (primary N) is 1. The van der Waals surface area contributed by atoms with Gasteiger partial charge in [-0.1, -0.05) is 12.1 Å². The predicted octanol–water partition coefficient (Wildman–Crippen LogP) is 1.89. The number of nitrogens with zero attached hydrogens (tertiary/aromatic N) is 2. The van der Waals surface area contributed by atoms with Gasteiger partial charge in [-0.15, -0.1) is 0 Å². The maximum atomic E-state index is 12.3. The van der Waals surface area contributed by atoms with E-state index in [1.807, 2.05) is 6.92 Å². The van der Waals surface area contributed by atoms with Crippen molar-refractivity contribution in [1.29, 1.82) is 0 Å². The number of amides is 1. The van der Waals surface area contributed by atoms with E-state index < -0.39 is 6.61 Å². The van der Waals surface area contributed by atoms with E-state index >= 15 is 0 Å². The molecular formula is C13H17F2N3O3. The van der Waals surface area contributed by atoms with Gasteiger partial charge in [0.25, 0.3) is 5.91 Å². The van der Waals surface area contributed by atoms with Gasteiger partial charge < -0.3 is 20.6 Å². The molecule has 0 aromatic heterocycles. The van der Waals surface area contributed by atoms with Gasteiger partial charge in [0.1, 0.15) is 5.75 Å². The molecule has 0 atom stereocenters. The smallest absolute Gasteiger partial charge is 0.387 e. The summed E-state index contributed by atoms with van der Waals surface area (Å²) < 4.78 is 28.3. The Hall–Kier alpha value is -2.38. The largest absolute Gasteiger partial charge is 0.435 e. The minimum absolute atomic E-state index is 0.0154. The predicted molar refractivity (Wildman–Crippen MR) is 72.7 cm³/mol. The van der Waals surface area contributed by atoms with E-state index in [2.05, 4.69) is 9.89 Å². The van der Waals surface area contributed by atoms with Crippen molar-refractivity contribution in [2.24, 2.45) is 10.9 Å². The Morgan fingerprint density at radius 1 is 1.43 bits per heavy atom. The molecule has 1 rings (SSSR count). The lowest BCUT2D eigenvalue weighted by atomic mass is 10.2. The van der Waals surface area contributed by atoms with Crippen LogP contribution in [0.25, 0.3) is 0 Å². The van der Waals surface area contributed by atoms with Crippen LogP contribution in [0.4, 0.5) is 8.78 Å². The molecule has 1 amide bonds. The van der Waals surface area contributed by atoms with Gasteiger partial charge in [-0.2, -0.15) is 8.78 Å². The topological polar surface area (TPSA) is 88.1 Å². The first-order chi connectivity index (χ1) is 9.97. The van der Waals surface area contributed by atoms with E-state index in [-0.39, 0.29) is 24.0 Å². The molecular weight excluding hydrogens is 284 g/mol. The third-order valence-corrected chi connectivity index (χ3v) is 2.59. The van der Waals surface area contributed by atoms with E-state index in [4.69, 9.17) is 10.9 Å². The molecule has 21 heavy (non-hydrogen) atoms. The summed E-state index contributed by atoms with van der Waals surface area (Å²) in [5.74, 6) is -0.457. The number of rotatable bonds is 7. The fourth-order valence-electron chi connectivity index (χ4n) is 1.71. The summed E-state index contributed by atoms with van der Waals surface area (Å²) in [5, 5.41) is 11.4. The fourth-order valence-corrected chi connectivity index (χ4v) is 1.71. The molecule has 0 fully saturated rings. The van der Waals surface area contributed by atoms with Crippen LogP contribution in [0, 0.1) is 0 Å². The summed E-state index contributed by atoms with van der Waals surface area (Å²) in [5.41, 5.74) is 5.70. The van der Waals surface area contributed by atoms with Crippen LogP contribution in [0.5, 0.6) is 5.75 Å². The number of carbonyl (C=O) groups is 1. The lowest BCUT2D eigenvalue weighted by Crippen LogP contribution is -2.39. The molecule has 0 radical (unpaired) electrons. The van der Waals surface area contributed by atoms with Crippen molar-refractivity contribution in [3.05, 3.63) is 29.8 Å². The van der Waals surface area contributed by atoms with E-state index in [0.717, 1.165) is 0 Å². The summed E-state index contributed by atoms with van der Waals surface area (Å²) in [6.45, 7) is -0.627. The first kappa shape index (κ1) is 16.7. The first-order valence-electron chi connectivity index (χ1n) is 6.28. The highest BCUT2D eigenvalue weighted by Gasteiger charge is 2.16. The Labute approximate surface area is 120 Å². The molecule has 0 unspecified atom stereocenters. The van der Waals surface area contributed by atoms with Crippen LogP contribution in [0.2, 0.25) is 0 Å². The molecule has 3 N–H and O–H groups in total. The van der Waals surface area contributed by atoms with Crippen molar-refractivity contribution in [3.63, 3.8) is 0 Å². The zero-order chi connectivity index (χ0) is 15.8. The minimum Gasteiger partial charge on any atom is -0.435 e. The van der Waals surface area contributed by atoms with Crippen LogP contribution in [-0.4, -0.2) is 41.6 Å². The van der Waals surface area contributed by atoms with Crippen LogP contribution in [0.15, 0.2) is 29.4 Å². The molecule has 116 valence electrons. The summed E-state index contributed by atoms with van der Waals surface area (Å²) in [4.78, 5) is 13.7. The lowest BCUT2D eigenvalue weighted by molar-refractivity contribution is -0.0498. The van der Waals surface area contributed by atoms with Crippen molar-refractivity contribution in [2.45, 2.75) is 20.0 Å². The average molecular weight is 301 g/mol. The number of hydrogen-bond acceptors (Lipinski definition) is 4. The molecule has 0 bridgehead atoms. The summed E-state index contributed by atoms with van der Waals surface area (Å²) in [6.07, 6.45) is 0.691. The van der Waals surface area contributed by atoms with E-state index in [0.29, 0.717) is 18.5 Å². The maximum Gasteiger partial charge on any atom is 0.387 e. The minimum atomic E-state index is -2.91. The van der Waals surface area contributed by atoms with Crippen molar-refractivity contribution in [2.75, 3.05) is 13.1 Å². The monoisotopic (exact) mass is 301 g/mol. The standard InChI is InChI=1S/C13H17F2N3O3/c1-2-7-18(8-11(16)17-20)12(19)9-3-5-10(6-4-9)21-13(14)15/h3-6,13,20H,2,7-8H2,1H3,(H2,16,17). The zero-order valence-electron chi connectivity index (χ0n) is 11.5. The first-order valence-corrected chi connectivity index (χ1v) is 6.28. The van der Waals surface area contributed by atoms with E-state index in [9.17, 15) is 13.6 Å². The van der Waals surface area contributed by atoms with Gasteiger partial charge in [0.15, 0.2) is 5.84 Å². The van der Waals surface area contributed by atoms with Gasteiger partial charge in [-0.25, -0.2) is 0 Å². The second-order valence-corrected chi connectivity index (χ2v) is 4.22. The van der Waals surface area contributed by atoms with Crippen LogP contribution in [0.3, 0.4) is 0 Å². The van der Waals surface area contributed by atoms with Gasteiger partial charge in [-0.05, 0) is 30.7 Å². The second kappa shape index (κ2) is 8.03. The Balaban J connectivity index is 2.83. The van der Waals surface area contributed by atoms with Crippen LogP contribution in [-0.2, 0) is 0 Å². The molecule has 0 aliphatic carbocycles. The van der Waals surface area contributed by atoms with Crippen molar-refractivity contribution in [3.8, 4) is 5.75 Å². The maximum absolute atomic E-state index is 12.3. The van der Waals surface area contributed by atoms with Crippen molar-refractivity contribution < 1.29 is 23.5 Å². The SMILES string of the molecule is CCCN(CC(N)=NO)C(=O)c1ccc(OC(F)F)cc1. The van der Waals surface area contributed by atoms with Gasteiger partial charge >= 0.3 is 6.61 Å². The number of alkyl halides is 2. The molecule has 1 aromatic carbocycles. The zero-order valence-corrected chi connectivity index (χ0v) is 11.5. The Kier molecular flexibility index (Phi) is 6.38. The Morgan fingerprint density at radius 3 is 2.52 bits per heavy atom. The Bertz CT molecular complexity index is 492. The number of oxime groups is 1. The molecule has 0 aliphatic rings. The van der Waals surface area contributed by atoms with Gasteiger partial charge in [0.2, 0.25) is 0 Å². The number of ether oxygens (including phenoxy) is 1. The Morgan fingerprint density at radius 2 is 2.05 bits per heavy atom. The van der Waals surface area contributed by atoms with E-state index in [1.165, 1.54) is 29.2 Å². The molecule has 6 nitrogen and oxygen atoms in total. The third-order valence-electron chi connectivity index (χ3n) is 2.59. The molecule has 0 heterocycles. The average Bonchev–Trinajstić information content (AvgIpc) is 2.46. The normalized spacial score (nSPS) is 11.5. The van der Waals surface area contributed by atoms with Crippen molar-refractivity contribution in [1.82, 2.24) is 4.90 Å². The van der Waals surface area contributed by atoms with E-state index in [1.54, 1.807) is 0 Å². The highest BCUT2D eigenvalue weighted by Crippen LogP contribution is 2.16. The number of benzene rings is 1.